The Bertz CT molecular complexity index is 514. The van der Waals surface area contributed by atoms with E-state index in [1.54, 1.807) is 0 Å². The molecule has 0 unspecified atom stereocenters. The summed E-state index contributed by atoms with van der Waals surface area (Å²) in [5, 5.41) is 4.44. The number of carbonyl (C=O) groups excluding carboxylic acids is 1. The first-order valence-corrected chi connectivity index (χ1v) is 7.75. The maximum Gasteiger partial charge on any atom is 0.257 e. The second kappa shape index (κ2) is 5.79. The van der Waals surface area contributed by atoms with E-state index in [0.29, 0.717) is 0 Å². The number of likely N-dealkylation sites (N-methyl/N-ethyl adjacent to an activating group) is 2. The molecule has 1 aliphatic rings. The van der Waals surface area contributed by atoms with Crippen LogP contribution >= 0.6 is 0 Å². The minimum absolute atomic E-state index is 0.0764. The fourth-order valence-corrected chi connectivity index (χ4v) is 3.01. The number of carbonyl (C=O) groups is 1. The first-order valence-electron chi connectivity index (χ1n) is 7.75. The SMILES string of the molecule is Cc1nn(C(C)C)cc1C(=O)N(C)CC1(N(C)C)CCC1. The summed E-state index contributed by atoms with van der Waals surface area (Å²) in [5.74, 6) is 0.0764. The van der Waals surface area contributed by atoms with Crippen molar-refractivity contribution in [1.82, 2.24) is 19.6 Å². The van der Waals surface area contributed by atoms with Crippen LogP contribution < -0.4 is 0 Å². The molecule has 1 saturated carbocycles. The highest BCUT2D eigenvalue weighted by Gasteiger charge is 2.41. The van der Waals surface area contributed by atoms with Crippen molar-refractivity contribution in [2.75, 3.05) is 27.7 Å². The monoisotopic (exact) mass is 292 g/mol. The van der Waals surface area contributed by atoms with E-state index >= 15 is 0 Å². The average Bonchev–Trinajstić information content (AvgIpc) is 2.74. The molecular formula is C16H28N4O. The first kappa shape index (κ1) is 16.0. The summed E-state index contributed by atoms with van der Waals surface area (Å²) >= 11 is 0. The van der Waals surface area contributed by atoms with Crippen LogP contribution in [0.1, 0.15) is 55.2 Å². The second-order valence-electron chi connectivity index (χ2n) is 6.84. The van der Waals surface area contributed by atoms with Gasteiger partial charge in [0.25, 0.3) is 5.91 Å². The van der Waals surface area contributed by atoms with E-state index in [9.17, 15) is 4.79 Å². The van der Waals surface area contributed by atoms with Gasteiger partial charge in [0, 0.05) is 31.4 Å². The van der Waals surface area contributed by atoms with E-state index in [2.05, 4.69) is 37.9 Å². The summed E-state index contributed by atoms with van der Waals surface area (Å²) in [4.78, 5) is 16.8. The molecule has 1 amide bonds. The molecule has 0 saturated heterocycles. The molecule has 2 rings (SSSR count). The lowest BCUT2D eigenvalue weighted by Gasteiger charge is -2.49. The van der Waals surface area contributed by atoms with Crippen LogP contribution in [0.3, 0.4) is 0 Å². The van der Waals surface area contributed by atoms with Gasteiger partial charge in [-0.3, -0.25) is 9.48 Å². The zero-order valence-corrected chi connectivity index (χ0v) is 14.2. The summed E-state index contributed by atoms with van der Waals surface area (Å²) in [7, 11) is 6.12. The second-order valence-corrected chi connectivity index (χ2v) is 6.84. The predicted octanol–water partition coefficient (Wildman–Crippen LogP) is 2.33. The molecule has 118 valence electrons. The van der Waals surface area contributed by atoms with Crippen molar-refractivity contribution in [1.29, 1.82) is 0 Å². The van der Waals surface area contributed by atoms with E-state index < -0.39 is 0 Å². The number of aryl methyl sites for hydroxylation is 1. The summed E-state index contributed by atoms with van der Waals surface area (Å²) in [5.41, 5.74) is 1.69. The smallest absolute Gasteiger partial charge is 0.257 e. The molecule has 0 spiro atoms. The molecule has 1 aliphatic carbocycles. The Morgan fingerprint density at radius 3 is 2.38 bits per heavy atom. The number of hydrogen-bond donors (Lipinski definition) is 0. The summed E-state index contributed by atoms with van der Waals surface area (Å²) in [6, 6.07) is 0.273. The lowest BCUT2D eigenvalue weighted by molar-refractivity contribution is 0.0252. The minimum Gasteiger partial charge on any atom is -0.340 e. The van der Waals surface area contributed by atoms with Crippen molar-refractivity contribution >= 4 is 5.91 Å². The van der Waals surface area contributed by atoms with Crippen molar-refractivity contribution < 1.29 is 4.79 Å². The van der Waals surface area contributed by atoms with Crippen LogP contribution in [0.2, 0.25) is 0 Å². The molecular weight excluding hydrogens is 264 g/mol. The van der Waals surface area contributed by atoms with Crippen LogP contribution in [0.25, 0.3) is 0 Å². The fourth-order valence-electron chi connectivity index (χ4n) is 3.01. The quantitative estimate of drug-likeness (QED) is 0.836. The maximum absolute atomic E-state index is 12.7. The van der Waals surface area contributed by atoms with E-state index in [0.717, 1.165) is 17.8 Å². The van der Waals surface area contributed by atoms with Crippen LogP contribution in [-0.2, 0) is 0 Å². The van der Waals surface area contributed by atoms with E-state index in [1.807, 2.05) is 29.7 Å². The maximum atomic E-state index is 12.7. The third kappa shape index (κ3) is 2.98. The summed E-state index contributed by atoms with van der Waals surface area (Å²) in [6.07, 6.45) is 5.47. The molecule has 0 bridgehead atoms. The van der Waals surface area contributed by atoms with Gasteiger partial charge in [-0.2, -0.15) is 5.10 Å². The third-order valence-corrected chi connectivity index (χ3v) is 4.79. The van der Waals surface area contributed by atoms with Gasteiger partial charge in [-0.05, 0) is 54.1 Å². The molecule has 0 N–H and O–H groups in total. The van der Waals surface area contributed by atoms with Crippen molar-refractivity contribution in [2.45, 2.75) is 51.6 Å². The Kier molecular flexibility index (Phi) is 4.42. The lowest BCUT2D eigenvalue weighted by Crippen LogP contribution is -2.57. The molecule has 1 aromatic rings. The normalized spacial score (nSPS) is 17.1. The fraction of sp³-hybridized carbons (Fsp3) is 0.750. The van der Waals surface area contributed by atoms with Crippen LogP contribution in [0.4, 0.5) is 0 Å². The van der Waals surface area contributed by atoms with Gasteiger partial charge >= 0.3 is 0 Å². The Morgan fingerprint density at radius 1 is 1.38 bits per heavy atom. The molecule has 0 atom stereocenters. The topological polar surface area (TPSA) is 41.4 Å². The van der Waals surface area contributed by atoms with Gasteiger partial charge < -0.3 is 9.80 Å². The van der Waals surface area contributed by atoms with Crippen LogP contribution in [0.15, 0.2) is 6.20 Å². The van der Waals surface area contributed by atoms with Crippen molar-refractivity contribution in [2.24, 2.45) is 0 Å². The molecule has 5 nitrogen and oxygen atoms in total. The molecule has 0 aromatic carbocycles. The van der Waals surface area contributed by atoms with Crippen LogP contribution in [0.5, 0.6) is 0 Å². The predicted molar refractivity (Wildman–Crippen MR) is 84.6 cm³/mol. The van der Waals surface area contributed by atoms with Crippen molar-refractivity contribution in [3.63, 3.8) is 0 Å². The Balaban J connectivity index is 2.12. The number of nitrogens with zero attached hydrogens (tertiary/aromatic N) is 4. The largest absolute Gasteiger partial charge is 0.340 e. The van der Waals surface area contributed by atoms with Crippen molar-refractivity contribution in [3.05, 3.63) is 17.5 Å². The standard InChI is InChI=1S/C16H28N4O/c1-12(2)20-10-14(13(3)17-20)15(21)19(6)11-16(18(4)5)8-7-9-16/h10,12H,7-9,11H2,1-6H3. The third-order valence-electron chi connectivity index (χ3n) is 4.79. The molecule has 0 aliphatic heterocycles. The molecule has 5 heteroatoms. The Morgan fingerprint density at radius 2 is 2.00 bits per heavy atom. The molecule has 1 aromatic heterocycles. The van der Waals surface area contributed by atoms with Crippen LogP contribution in [0, 0.1) is 6.92 Å². The van der Waals surface area contributed by atoms with E-state index in [1.165, 1.54) is 19.3 Å². The van der Waals surface area contributed by atoms with Crippen molar-refractivity contribution in [3.8, 4) is 0 Å². The van der Waals surface area contributed by atoms with Crippen LogP contribution in [-0.4, -0.2) is 58.7 Å². The molecule has 1 fully saturated rings. The molecule has 0 radical (unpaired) electrons. The van der Waals surface area contributed by atoms with E-state index in [4.69, 9.17) is 0 Å². The van der Waals surface area contributed by atoms with Gasteiger partial charge in [0.2, 0.25) is 0 Å². The van der Waals surface area contributed by atoms with Gasteiger partial charge in [-0.1, -0.05) is 0 Å². The average molecular weight is 292 g/mol. The number of amides is 1. The number of hydrogen-bond acceptors (Lipinski definition) is 3. The van der Waals surface area contributed by atoms with Gasteiger partial charge in [-0.15, -0.1) is 0 Å². The van der Waals surface area contributed by atoms with Gasteiger partial charge in [0.1, 0.15) is 0 Å². The molecule has 21 heavy (non-hydrogen) atoms. The number of rotatable bonds is 5. The van der Waals surface area contributed by atoms with Gasteiger partial charge in [0.15, 0.2) is 0 Å². The summed E-state index contributed by atoms with van der Waals surface area (Å²) in [6.45, 7) is 6.83. The highest BCUT2D eigenvalue weighted by molar-refractivity contribution is 5.95. The highest BCUT2D eigenvalue weighted by atomic mass is 16.2. The minimum atomic E-state index is 0.0764. The summed E-state index contributed by atoms with van der Waals surface area (Å²) < 4.78 is 1.86. The lowest BCUT2D eigenvalue weighted by atomic mass is 9.75. The first-order chi connectivity index (χ1) is 9.77. The zero-order chi connectivity index (χ0) is 15.8. The number of aromatic nitrogens is 2. The van der Waals surface area contributed by atoms with Gasteiger partial charge in [0.05, 0.1) is 11.3 Å². The van der Waals surface area contributed by atoms with E-state index in [-0.39, 0.29) is 17.5 Å². The Labute approximate surface area is 127 Å². The zero-order valence-electron chi connectivity index (χ0n) is 14.2. The van der Waals surface area contributed by atoms with Gasteiger partial charge in [-0.25, -0.2) is 0 Å². The highest BCUT2D eigenvalue weighted by Crippen LogP contribution is 2.36. The Hall–Kier alpha value is -1.36. The molecule has 1 heterocycles.